The van der Waals surface area contributed by atoms with E-state index in [0.717, 1.165) is 43.0 Å². The first-order valence-electron chi connectivity index (χ1n) is 10.5. The molecule has 2 aromatic carbocycles. The highest BCUT2D eigenvalue weighted by Gasteiger charge is 2.28. The number of furan rings is 1. The number of carbonyl (C=O) groups excluding carboxylic acids is 1. The van der Waals surface area contributed by atoms with Gasteiger partial charge >= 0.3 is 0 Å². The second-order valence-electron chi connectivity index (χ2n) is 7.85. The molecule has 1 aliphatic heterocycles. The summed E-state index contributed by atoms with van der Waals surface area (Å²) in [5.41, 5.74) is 1.73. The highest BCUT2D eigenvalue weighted by atomic mass is 16.5. The number of rotatable bonds is 7. The molecule has 1 aromatic heterocycles. The van der Waals surface area contributed by atoms with Crippen molar-refractivity contribution in [3.63, 3.8) is 0 Å². The van der Waals surface area contributed by atoms with Gasteiger partial charge in [0.2, 0.25) is 0 Å². The summed E-state index contributed by atoms with van der Waals surface area (Å²) in [6.45, 7) is 2.98. The smallest absolute Gasteiger partial charge is 0.254 e. The van der Waals surface area contributed by atoms with Crippen molar-refractivity contribution in [1.29, 1.82) is 0 Å². The van der Waals surface area contributed by atoms with Crippen LogP contribution in [0.25, 0.3) is 0 Å². The average molecular weight is 405 g/mol. The van der Waals surface area contributed by atoms with Crippen molar-refractivity contribution < 1.29 is 13.9 Å². The predicted molar refractivity (Wildman–Crippen MR) is 116 cm³/mol. The van der Waals surface area contributed by atoms with Crippen molar-refractivity contribution in [3.05, 3.63) is 89.9 Å². The number of carbonyl (C=O) groups is 1. The number of amides is 1. The molecule has 0 radical (unpaired) electrons. The van der Waals surface area contributed by atoms with E-state index >= 15 is 0 Å². The van der Waals surface area contributed by atoms with Crippen LogP contribution in [0.5, 0.6) is 5.75 Å². The van der Waals surface area contributed by atoms with E-state index < -0.39 is 0 Å². The van der Waals surface area contributed by atoms with Crippen molar-refractivity contribution in [2.75, 3.05) is 20.1 Å². The normalized spacial score (nSPS) is 15.1. The molecule has 156 valence electrons. The largest absolute Gasteiger partial charge is 0.489 e. The summed E-state index contributed by atoms with van der Waals surface area (Å²) in [6, 6.07) is 21.5. The Bertz CT molecular complexity index is 915. The number of likely N-dealkylation sites (tertiary alicyclic amines) is 1. The van der Waals surface area contributed by atoms with Crippen LogP contribution in [0.2, 0.25) is 0 Å². The van der Waals surface area contributed by atoms with E-state index in [4.69, 9.17) is 9.15 Å². The number of ether oxygens (including phenoxy) is 1. The molecule has 4 rings (SSSR count). The molecule has 5 heteroatoms. The van der Waals surface area contributed by atoms with Crippen molar-refractivity contribution in [1.82, 2.24) is 9.80 Å². The molecule has 0 aliphatic carbocycles. The lowest BCUT2D eigenvalue weighted by Crippen LogP contribution is -2.46. The third-order valence-electron chi connectivity index (χ3n) is 5.65. The van der Waals surface area contributed by atoms with E-state index in [0.29, 0.717) is 18.7 Å². The highest BCUT2D eigenvalue weighted by molar-refractivity contribution is 5.94. The molecule has 0 N–H and O–H groups in total. The quantitative estimate of drug-likeness (QED) is 0.578. The zero-order valence-electron chi connectivity index (χ0n) is 17.4. The van der Waals surface area contributed by atoms with Gasteiger partial charge in [0, 0.05) is 11.6 Å². The number of para-hydroxylation sites is 1. The van der Waals surface area contributed by atoms with E-state index in [-0.39, 0.29) is 11.9 Å². The lowest BCUT2D eigenvalue weighted by atomic mass is 10.0. The number of piperidine rings is 1. The fourth-order valence-corrected chi connectivity index (χ4v) is 3.84. The zero-order chi connectivity index (χ0) is 20.8. The number of benzene rings is 2. The highest BCUT2D eigenvalue weighted by Crippen LogP contribution is 2.22. The maximum Gasteiger partial charge on any atom is 0.254 e. The maximum atomic E-state index is 13.4. The van der Waals surface area contributed by atoms with E-state index in [9.17, 15) is 4.79 Å². The van der Waals surface area contributed by atoms with Gasteiger partial charge in [0.25, 0.3) is 5.91 Å². The van der Waals surface area contributed by atoms with Crippen LogP contribution in [0, 0.1) is 0 Å². The Morgan fingerprint density at radius 1 is 1.03 bits per heavy atom. The Balaban J connectivity index is 1.45. The van der Waals surface area contributed by atoms with Crippen LogP contribution in [-0.2, 0) is 13.2 Å². The van der Waals surface area contributed by atoms with Gasteiger partial charge < -0.3 is 19.0 Å². The maximum absolute atomic E-state index is 13.4. The van der Waals surface area contributed by atoms with E-state index in [2.05, 4.69) is 11.9 Å². The van der Waals surface area contributed by atoms with Gasteiger partial charge in [-0.05, 0) is 74.9 Å². The summed E-state index contributed by atoms with van der Waals surface area (Å²) in [6.07, 6.45) is 3.62. The van der Waals surface area contributed by atoms with Crippen molar-refractivity contribution in [3.8, 4) is 5.75 Å². The Kier molecular flexibility index (Phi) is 6.50. The average Bonchev–Trinajstić information content (AvgIpc) is 3.31. The summed E-state index contributed by atoms with van der Waals surface area (Å²) in [4.78, 5) is 17.7. The molecule has 1 aliphatic rings. The fourth-order valence-electron chi connectivity index (χ4n) is 3.84. The minimum absolute atomic E-state index is 0.0523. The third-order valence-corrected chi connectivity index (χ3v) is 5.65. The van der Waals surface area contributed by atoms with Crippen LogP contribution in [-0.4, -0.2) is 41.9 Å². The lowest BCUT2D eigenvalue weighted by Gasteiger charge is -2.37. The number of hydrogen-bond acceptors (Lipinski definition) is 4. The second-order valence-corrected chi connectivity index (χ2v) is 7.85. The molecular formula is C25H28N2O3. The Morgan fingerprint density at radius 2 is 1.77 bits per heavy atom. The van der Waals surface area contributed by atoms with Gasteiger partial charge in [-0.3, -0.25) is 4.79 Å². The number of nitrogens with zero attached hydrogens (tertiary/aromatic N) is 2. The van der Waals surface area contributed by atoms with Crippen LogP contribution in [0.3, 0.4) is 0 Å². The monoisotopic (exact) mass is 404 g/mol. The van der Waals surface area contributed by atoms with Crippen molar-refractivity contribution in [2.45, 2.75) is 32.0 Å². The van der Waals surface area contributed by atoms with E-state index in [1.54, 1.807) is 6.26 Å². The van der Waals surface area contributed by atoms with Crippen LogP contribution < -0.4 is 4.74 Å². The summed E-state index contributed by atoms with van der Waals surface area (Å²) in [7, 11) is 2.13. The van der Waals surface area contributed by atoms with Gasteiger partial charge in [0.15, 0.2) is 0 Å². The van der Waals surface area contributed by atoms with Gasteiger partial charge in [-0.2, -0.15) is 0 Å². The van der Waals surface area contributed by atoms with Gasteiger partial charge in [-0.1, -0.05) is 30.3 Å². The molecule has 5 nitrogen and oxygen atoms in total. The van der Waals surface area contributed by atoms with Crippen molar-refractivity contribution in [2.24, 2.45) is 0 Å². The minimum Gasteiger partial charge on any atom is -0.489 e. The molecule has 3 aromatic rings. The van der Waals surface area contributed by atoms with Crippen LogP contribution in [0.1, 0.15) is 34.5 Å². The van der Waals surface area contributed by atoms with Gasteiger partial charge in [0.05, 0.1) is 12.8 Å². The molecule has 1 saturated heterocycles. The molecule has 0 spiro atoms. The summed E-state index contributed by atoms with van der Waals surface area (Å²) >= 11 is 0. The molecule has 0 unspecified atom stereocenters. The summed E-state index contributed by atoms with van der Waals surface area (Å²) in [5.74, 6) is 1.70. The topological polar surface area (TPSA) is 45.9 Å². The first kappa shape index (κ1) is 20.2. The molecule has 1 amide bonds. The lowest BCUT2D eigenvalue weighted by molar-refractivity contribution is 0.0550. The van der Waals surface area contributed by atoms with Gasteiger partial charge in [0.1, 0.15) is 18.1 Å². The van der Waals surface area contributed by atoms with Crippen molar-refractivity contribution >= 4 is 5.91 Å². The predicted octanol–water partition coefficient (Wildman–Crippen LogP) is 4.60. The Labute approximate surface area is 177 Å². The Hall–Kier alpha value is -3.05. The second kappa shape index (κ2) is 9.63. The Morgan fingerprint density at radius 3 is 2.43 bits per heavy atom. The molecule has 0 atom stereocenters. The van der Waals surface area contributed by atoms with Gasteiger partial charge in [-0.15, -0.1) is 0 Å². The molecule has 2 heterocycles. The zero-order valence-corrected chi connectivity index (χ0v) is 17.4. The van der Waals surface area contributed by atoms with Gasteiger partial charge in [-0.25, -0.2) is 0 Å². The minimum atomic E-state index is 0.0523. The first-order valence-corrected chi connectivity index (χ1v) is 10.5. The molecule has 1 fully saturated rings. The first-order chi connectivity index (χ1) is 14.7. The van der Waals surface area contributed by atoms with Crippen LogP contribution in [0.15, 0.2) is 77.4 Å². The molecule has 0 bridgehead atoms. The summed E-state index contributed by atoms with van der Waals surface area (Å²) < 4.78 is 11.3. The molecular weight excluding hydrogens is 376 g/mol. The summed E-state index contributed by atoms with van der Waals surface area (Å²) in [5, 5.41) is 0. The fraction of sp³-hybridized carbons (Fsp3) is 0.320. The molecule has 0 saturated carbocycles. The van der Waals surface area contributed by atoms with Crippen LogP contribution >= 0.6 is 0 Å². The number of hydrogen-bond donors (Lipinski definition) is 0. The van der Waals surface area contributed by atoms with Crippen LogP contribution in [0.4, 0.5) is 0 Å². The standard InChI is InChI=1S/C25H28N2O3/c1-26-15-13-22(14-16-26)27(18-24-8-5-17-29-24)25(28)21-11-9-20(10-12-21)19-30-23-6-3-2-4-7-23/h2-12,17,22H,13-16,18-19H2,1H3. The van der Waals surface area contributed by atoms with E-state index in [1.165, 1.54) is 0 Å². The van der Waals surface area contributed by atoms with E-state index in [1.807, 2.05) is 71.6 Å². The molecule has 30 heavy (non-hydrogen) atoms. The SMILES string of the molecule is CN1CCC(N(Cc2ccco2)C(=O)c2ccc(COc3ccccc3)cc2)CC1. The third kappa shape index (κ3) is 5.10.